The number of rotatable bonds is 12. The van der Waals surface area contributed by atoms with Gasteiger partial charge < -0.3 is 10.2 Å². The van der Waals surface area contributed by atoms with Crippen LogP contribution in [-0.2, 0) is 0 Å². The second kappa shape index (κ2) is 11.5. The second-order valence-electron chi connectivity index (χ2n) is 8.40. The molecule has 1 N–H and O–H groups in total. The lowest BCUT2D eigenvalue weighted by atomic mass is 9.77. The summed E-state index contributed by atoms with van der Waals surface area (Å²) in [7, 11) is 2.27. The molecule has 0 bridgehead atoms. The normalized spacial score (nSPS) is 24.9. The molecular formula is C21H44N2. The highest BCUT2D eigenvalue weighted by Gasteiger charge is 2.38. The number of likely N-dealkylation sites (tertiary alicyclic amines) is 1. The zero-order valence-corrected chi connectivity index (χ0v) is 16.8. The molecule has 0 aromatic heterocycles. The van der Waals surface area contributed by atoms with Crippen molar-refractivity contribution in [2.24, 2.45) is 5.92 Å². The number of piperidine rings is 1. The van der Waals surface area contributed by atoms with Crippen LogP contribution in [0.4, 0.5) is 0 Å². The van der Waals surface area contributed by atoms with Gasteiger partial charge in [-0.05, 0) is 52.7 Å². The summed E-state index contributed by atoms with van der Waals surface area (Å²) in [5.41, 5.74) is 0.327. The van der Waals surface area contributed by atoms with Gasteiger partial charge in [-0.25, -0.2) is 0 Å². The Hall–Kier alpha value is -0.0800. The van der Waals surface area contributed by atoms with Crippen LogP contribution in [0, 0.1) is 5.92 Å². The predicted molar refractivity (Wildman–Crippen MR) is 104 cm³/mol. The van der Waals surface area contributed by atoms with Crippen molar-refractivity contribution in [3.63, 3.8) is 0 Å². The standard InChI is InChI=1S/C21H44N2/c1-6-7-8-9-10-11-12-13-14-15-17-22-20-16-18-23(5)21(3,4)19(20)2/h19-20,22H,6-18H2,1-5H3. The highest BCUT2D eigenvalue weighted by atomic mass is 15.2. The van der Waals surface area contributed by atoms with Crippen LogP contribution < -0.4 is 5.32 Å². The number of nitrogens with zero attached hydrogens (tertiary/aromatic N) is 1. The summed E-state index contributed by atoms with van der Waals surface area (Å²) in [4.78, 5) is 2.52. The SMILES string of the molecule is CCCCCCCCCCCCNC1CCN(C)C(C)(C)C1C. The van der Waals surface area contributed by atoms with Gasteiger partial charge in [-0.3, -0.25) is 0 Å². The Morgan fingerprint density at radius 3 is 2.00 bits per heavy atom. The van der Waals surface area contributed by atoms with Crippen molar-refractivity contribution >= 4 is 0 Å². The highest BCUT2D eigenvalue weighted by molar-refractivity contribution is 4.96. The number of nitrogens with one attached hydrogen (secondary N) is 1. The van der Waals surface area contributed by atoms with Crippen LogP contribution in [0.25, 0.3) is 0 Å². The summed E-state index contributed by atoms with van der Waals surface area (Å²) in [6.07, 6.45) is 15.6. The molecule has 1 aliphatic heterocycles. The zero-order chi connectivity index (χ0) is 17.1. The van der Waals surface area contributed by atoms with Gasteiger partial charge in [0.2, 0.25) is 0 Å². The molecule has 23 heavy (non-hydrogen) atoms. The van der Waals surface area contributed by atoms with Crippen LogP contribution in [0.15, 0.2) is 0 Å². The number of hydrogen-bond donors (Lipinski definition) is 1. The van der Waals surface area contributed by atoms with Crippen molar-refractivity contribution in [3.8, 4) is 0 Å². The molecule has 0 aromatic rings. The van der Waals surface area contributed by atoms with Gasteiger partial charge >= 0.3 is 0 Å². The van der Waals surface area contributed by atoms with Crippen LogP contribution >= 0.6 is 0 Å². The van der Waals surface area contributed by atoms with Gasteiger partial charge in [0.1, 0.15) is 0 Å². The van der Waals surface area contributed by atoms with E-state index in [1.54, 1.807) is 0 Å². The largest absolute Gasteiger partial charge is 0.314 e. The third-order valence-corrected chi connectivity index (χ3v) is 6.41. The average Bonchev–Trinajstić information content (AvgIpc) is 2.53. The molecule has 2 heteroatoms. The lowest BCUT2D eigenvalue weighted by Crippen LogP contribution is -2.59. The molecule has 2 unspecified atom stereocenters. The summed E-state index contributed by atoms with van der Waals surface area (Å²) in [6, 6.07) is 0.708. The number of hydrogen-bond acceptors (Lipinski definition) is 2. The van der Waals surface area contributed by atoms with Crippen molar-refractivity contribution in [2.75, 3.05) is 20.1 Å². The molecule has 1 saturated heterocycles. The molecule has 1 rings (SSSR count). The van der Waals surface area contributed by atoms with E-state index in [2.05, 4.69) is 45.0 Å². The van der Waals surface area contributed by atoms with Crippen molar-refractivity contribution in [1.82, 2.24) is 10.2 Å². The van der Waals surface area contributed by atoms with Crippen LogP contribution in [0.2, 0.25) is 0 Å². The van der Waals surface area contributed by atoms with E-state index >= 15 is 0 Å². The fraction of sp³-hybridized carbons (Fsp3) is 1.00. The zero-order valence-electron chi connectivity index (χ0n) is 16.8. The van der Waals surface area contributed by atoms with E-state index in [-0.39, 0.29) is 0 Å². The fourth-order valence-corrected chi connectivity index (χ4v) is 3.89. The summed E-state index contributed by atoms with van der Waals surface area (Å²) < 4.78 is 0. The maximum atomic E-state index is 3.85. The third kappa shape index (κ3) is 7.56. The molecule has 138 valence electrons. The molecule has 0 radical (unpaired) electrons. The molecule has 0 amide bonds. The molecule has 1 heterocycles. The van der Waals surface area contributed by atoms with E-state index in [9.17, 15) is 0 Å². The van der Waals surface area contributed by atoms with Gasteiger partial charge in [0.25, 0.3) is 0 Å². The van der Waals surface area contributed by atoms with E-state index in [1.807, 2.05) is 0 Å². The maximum absolute atomic E-state index is 3.85. The molecule has 1 fully saturated rings. The van der Waals surface area contributed by atoms with Crippen molar-refractivity contribution in [3.05, 3.63) is 0 Å². The first kappa shape index (κ1) is 21.0. The van der Waals surface area contributed by atoms with Crippen LogP contribution in [-0.4, -0.2) is 36.6 Å². The Bertz CT molecular complexity index is 288. The molecule has 0 saturated carbocycles. The van der Waals surface area contributed by atoms with Crippen molar-refractivity contribution in [1.29, 1.82) is 0 Å². The Labute approximate surface area is 146 Å². The van der Waals surface area contributed by atoms with Gasteiger partial charge in [-0.2, -0.15) is 0 Å². The van der Waals surface area contributed by atoms with Gasteiger partial charge in [0.15, 0.2) is 0 Å². The van der Waals surface area contributed by atoms with Crippen molar-refractivity contribution in [2.45, 2.75) is 110 Å². The van der Waals surface area contributed by atoms with Crippen LogP contribution in [0.3, 0.4) is 0 Å². The van der Waals surface area contributed by atoms with Crippen molar-refractivity contribution < 1.29 is 0 Å². The summed E-state index contributed by atoms with van der Waals surface area (Å²) in [5, 5.41) is 3.85. The van der Waals surface area contributed by atoms with E-state index in [4.69, 9.17) is 0 Å². The van der Waals surface area contributed by atoms with Gasteiger partial charge in [-0.15, -0.1) is 0 Å². The van der Waals surface area contributed by atoms with E-state index in [1.165, 1.54) is 83.7 Å². The average molecular weight is 325 g/mol. The third-order valence-electron chi connectivity index (χ3n) is 6.41. The van der Waals surface area contributed by atoms with E-state index in [0.29, 0.717) is 11.6 Å². The summed E-state index contributed by atoms with van der Waals surface area (Å²) >= 11 is 0. The van der Waals surface area contributed by atoms with Gasteiger partial charge in [0, 0.05) is 11.6 Å². The number of unbranched alkanes of at least 4 members (excludes halogenated alkanes) is 9. The Morgan fingerprint density at radius 1 is 0.913 bits per heavy atom. The minimum atomic E-state index is 0.327. The quantitative estimate of drug-likeness (QED) is 0.469. The van der Waals surface area contributed by atoms with Gasteiger partial charge in [0.05, 0.1) is 0 Å². The molecule has 2 nitrogen and oxygen atoms in total. The predicted octanol–water partition coefficient (Wildman–Crippen LogP) is 5.62. The molecule has 2 atom stereocenters. The van der Waals surface area contributed by atoms with Crippen LogP contribution in [0.5, 0.6) is 0 Å². The maximum Gasteiger partial charge on any atom is 0.0190 e. The summed E-state index contributed by atoms with van der Waals surface area (Å²) in [6.45, 7) is 11.9. The van der Waals surface area contributed by atoms with Crippen LogP contribution in [0.1, 0.15) is 98.3 Å². The smallest absolute Gasteiger partial charge is 0.0190 e. The lowest BCUT2D eigenvalue weighted by molar-refractivity contribution is 0.0297. The molecule has 0 spiro atoms. The first-order valence-corrected chi connectivity index (χ1v) is 10.4. The van der Waals surface area contributed by atoms with E-state index < -0.39 is 0 Å². The monoisotopic (exact) mass is 324 g/mol. The lowest BCUT2D eigenvalue weighted by Gasteiger charge is -2.49. The topological polar surface area (TPSA) is 15.3 Å². The molecule has 1 aliphatic rings. The fourth-order valence-electron chi connectivity index (χ4n) is 3.89. The minimum Gasteiger partial charge on any atom is -0.314 e. The molecule has 0 aliphatic carbocycles. The van der Waals surface area contributed by atoms with E-state index in [0.717, 1.165) is 5.92 Å². The Balaban J connectivity index is 1.97. The molecule has 0 aromatic carbocycles. The van der Waals surface area contributed by atoms with Gasteiger partial charge in [-0.1, -0.05) is 71.6 Å². The Morgan fingerprint density at radius 2 is 1.43 bits per heavy atom. The molecular weight excluding hydrogens is 280 g/mol. The first-order chi connectivity index (χ1) is 11.0. The minimum absolute atomic E-state index is 0.327. The highest BCUT2D eigenvalue weighted by Crippen LogP contribution is 2.31. The first-order valence-electron chi connectivity index (χ1n) is 10.4. The summed E-state index contributed by atoms with van der Waals surface area (Å²) in [5.74, 6) is 0.726. The second-order valence-corrected chi connectivity index (χ2v) is 8.40. The Kier molecular flexibility index (Phi) is 10.5.